The molecule has 0 fully saturated rings. The van der Waals surface area contributed by atoms with Crippen LogP contribution in [0, 0.1) is 0 Å². The van der Waals surface area contributed by atoms with Crippen molar-refractivity contribution in [3.63, 3.8) is 0 Å². The van der Waals surface area contributed by atoms with Crippen molar-refractivity contribution in [1.82, 2.24) is 5.32 Å². The van der Waals surface area contributed by atoms with E-state index in [2.05, 4.69) is 5.32 Å². The highest BCUT2D eigenvalue weighted by Gasteiger charge is 2.32. The van der Waals surface area contributed by atoms with E-state index < -0.39 is 5.60 Å². The Morgan fingerprint density at radius 1 is 1.41 bits per heavy atom. The van der Waals surface area contributed by atoms with Crippen LogP contribution in [0.15, 0.2) is 18.2 Å². The largest absolute Gasteiger partial charge is 0.487 e. The molecule has 0 saturated heterocycles. The number of rotatable bonds is 6. The van der Waals surface area contributed by atoms with Crippen LogP contribution in [0.1, 0.15) is 54.3 Å². The Kier molecular flexibility index (Phi) is 5.19. The van der Waals surface area contributed by atoms with Crippen molar-refractivity contribution in [3.8, 4) is 5.75 Å². The molecule has 2 rings (SSSR count). The number of ether oxygens (including phenoxy) is 2. The Morgan fingerprint density at radius 2 is 2.18 bits per heavy atom. The number of carbonyl (C=O) groups is 2. The number of fused-ring (bicyclic) bond motifs is 1. The summed E-state index contributed by atoms with van der Waals surface area (Å²) in [6, 6.07) is 5.00. The van der Waals surface area contributed by atoms with Crippen molar-refractivity contribution in [1.29, 1.82) is 0 Å². The lowest BCUT2D eigenvalue weighted by Crippen LogP contribution is -2.36. The molecule has 0 bridgehead atoms. The first kappa shape index (κ1) is 16.5. The lowest BCUT2D eigenvalue weighted by atomic mass is 9.92. The average Bonchev–Trinajstić information content (AvgIpc) is 2.45. The van der Waals surface area contributed by atoms with Gasteiger partial charge in [0.05, 0.1) is 12.0 Å². The summed E-state index contributed by atoms with van der Waals surface area (Å²) in [5.74, 6) is 0.378. The molecule has 5 heteroatoms. The molecule has 120 valence electrons. The average molecular weight is 305 g/mol. The molecule has 1 aromatic carbocycles. The molecule has 1 amide bonds. The van der Waals surface area contributed by atoms with Crippen LogP contribution in [0.2, 0.25) is 0 Å². The predicted octanol–water partition coefficient (Wildman–Crippen LogP) is 2.59. The van der Waals surface area contributed by atoms with Gasteiger partial charge in [-0.15, -0.1) is 0 Å². The molecule has 0 saturated carbocycles. The van der Waals surface area contributed by atoms with Crippen LogP contribution < -0.4 is 10.1 Å². The summed E-state index contributed by atoms with van der Waals surface area (Å²) in [5.41, 5.74) is 0.473. The standard InChI is InChI=1S/C17H23NO4/c1-4-21-9-5-8-18-16(20)12-6-7-15-13(10-12)14(19)11-17(2,3)22-15/h6-7,10H,4-5,8-9,11H2,1-3H3,(H,18,20). The van der Waals surface area contributed by atoms with E-state index in [1.165, 1.54) is 0 Å². The third-order valence-corrected chi connectivity index (χ3v) is 3.47. The summed E-state index contributed by atoms with van der Waals surface area (Å²) in [6.07, 6.45) is 1.08. The number of hydrogen-bond donors (Lipinski definition) is 1. The summed E-state index contributed by atoms with van der Waals surface area (Å²) in [6.45, 7) is 7.55. The topological polar surface area (TPSA) is 64.6 Å². The maximum absolute atomic E-state index is 12.2. The molecular weight excluding hydrogens is 282 g/mol. The molecule has 0 unspecified atom stereocenters. The molecule has 22 heavy (non-hydrogen) atoms. The monoisotopic (exact) mass is 305 g/mol. The normalized spacial score (nSPS) is 15.9. The van der Waals surface area contributed by atoms with Gasteiger partial charge < -0.3 is 14.8 Å². The molecule has 1 aliphatic rings. The number of ketones is 1. The molecule has 0 spiro atoms. The molecule has 1 aliphatic heterocycles. The highest BCUT2D eigenvalue weighted by molar-refractivity contribution is 6.03. The first-order valence-corrected chi connectivity index (χ1v) is 7.65. The zero-order valence-corrected chi connectivity index (χ0v) is 13.4. The number of Topliss-reactive ketones (excluding diaryl/α,β-unsaturated/α-hetero) is 1. The van der Waals surface area contributed by atoms with Gasteiger partial charge in [0.15, 0.2) is 5.78 Å². The predicted molar refractivity (Wildman–Crippen MR) is 83.5 cm³/mol. The minimum Gasteiger partial charge on any atom is -0.487 e. The van der Waals surface area contributed by atoms with E-state index in [0.717, 1.165) is 6.42 Å². The Morgan fingerprint density at radius 3 is 2.91 bits per heavy atom. The second-order valence-electron chi connectivity index (χ2n) is 5.98. The van der Waals surface area contributed by atoms with Crippen LogP contribution in [0.5, 0.6) is 5.75 Å². The highest BCUT2D eigenvalue weighted by atomic mass is 16.5. The van der Waals surface area contributed by atoms with Crippen LogP contribution >= 0.6 is 0 Å². The van der Waals surface area contributed by atoms with Gasteiger partial charge in [-0.1, -0.05) is 0 Å². The van der Waals surface area contributed by atoms with E-state index in [4.69, 9.17) is 9.47 Å². The molecule has 0 radical (unpaired) electrons. The van der Waals surface area contributed by atoms with E-state index in [9.17, 15) is 9.59 Å². The Balaban J connectivity index is 2.00. The van der Waals surface area contributed by atoms with Crippen molar-refractivity contribution in [3.05, 3.63) is 29.3 Å². The van der Waals surface area contributed by atoms with Gasteiger partial charge in [0, 0.05) is 25.3 Å². The fraction of sp³-hybridized carbons (Fsp3) is 0.529. The first-order valence-electron chi connectivity index (χ1n) is 7.65. The van der Waals surface area contributed by atoms with Crippen molar-refractivity contribution >= 4 is 11.7 Å². The fourth-order valence-electron chi connectivity index (χ4n) is 2.42. The van der Waals surface area contributed by atoms with Gasteiger partial charge >= 0.3 is 0 Å². The van der Waals surface area contributed by atoms with Gasteiger partial charge in [-0.25, -0.2) is 0 Å². The van der Waals surface area contributed by atoms with E-state index in [1.54, 1.807) is 18.2 Å². The third-order valence-electron chi connectivity index (χ3n) is 3.47. The van der Waals surface area contributed by atoms with Gasteiger partial charge in [-0.3, -0.25) is 9.59 Å². The van der Waals surface area contributed by atoms with E-state index in [-0.39, 0.29) is 11.7 Å². The third kappa shape index (κ3) is 4.07. The van der Waals surface area contributed by atoms with Crippen LogP contribution in [0.25, 0.3) is 0 Å². The number of nitrogens with one attached hydrogen (secondary N) is 1. The van der Waals surface area contributed by atoms with Gasteiger partial charge in [-0.2, -0.15) is 0 Å². The first-order chi connectivity index (χ1) is 10.4. The number of benzene rings is 1. The molecule has 0 aromatic heterocycles. The smallest absolute Gasteiger partial charge is 0.251 e. The van der Waals surface area contributed by atoms with Crippen molar-refractivity contribution in [2.75, 3.05) is 19.8 Å². The molecule has 5 nitrogen and oxygen atoms in total. The summed E-state index contributed by atoms with van der Waals surface area (Å²) >= 11 is 0. The summed E-state index contributed by atoms with van der Waals surface area (Å²) in [7, 11) is 0. The summed E-state index contributed by atoms with van der Waals surface area (Å²) < 4.78 is 11.0. The van der Waals surface area contributed by atoms with Crippen molar-refractivity contribution in [2.24, 2.45) is 0 Å². The highest BCUT2D eigenvalue weighted by Crippen LogP contribution is 2.33. The Hall–Kier alpha value is -1.88. The lowest BCUT2D eigenvalue weighted by Gasteiger charge is -2.31. The second kappa shape index (κ2) is 6.92. The van der Waals surface area contributed by atoms with E-state index in [0.29, 0.717) is 43.1 Å². The maximum atomic E-state index is 12.2. The van der Waals surface area contributed by atoms with Crippen molar-refractivity contribution in [2.45, 2.75) is 39.2 Å². The number of hydrogen-bond acceptors (Lipinski definition) is 4. The zero-order chi connectivity index (χ0) is 16.2. The van der Waals surface area contributed by atoms with Crippen LogP contribution in [-0.4, -0.2) is 37.0 Å². The van der Waals surface area contributed by atoms with Gasteiger partial charge in [0.25, 0.3) is 5.91 Å². The molecule has 1 aromatic rings. The molecule has 0 aliphatic carbocycles. The maximum Gasteiger partial charge on any atom is 0.251 e. The van der Waals surface area contributed by atoms with Crippen LogP contribution in [0.4, 0.5) is 0 Å². The van der Waals surface area contributed by atoms with Gasteiger partial charge in [0.2, 0.25) is 0 Å². The number of amides is 1. The minimum atomic E-state index is -0.493. The Labute approximate surface area is 131 Å². The van der Waals surface area contributed by atoms with Crippen LogP contribution in [-0.2, 0) is 4.74 Å². The van der Waals surface area contributed by atoms with Gasteiger partial charge in [-0.05, 0) is 45.4 Å². The summed E-state index contributed by atoms with van der Waals surface area (Å²) in [4.78, 5) is 24.3. The molecule has 1 heterocycles. The van der Waals surface area contributed by atoms with E-state index >= 15 is 0 Å². The zero-order valence-electron chi connectivity index (χ0n) is 13.4. The fourth-order valence-corrected chi connectivity index (χ4v) is 2.42. The van der Waals surface area contributed by atoms with Gasteiger partial charge in [0.1, 0.15) is 11.4 Å². The molecular formula is C17H23NO4. The van der Waals surface area contributed by atoms with Crippen molar-refractivity contribution < 1.29 is 19.1 Å². The minimum absolute atomic E-state index is 0.0113. The lowest BCUT2D eigenvalue weighted by molar-refractivity contribution is 0.0620. The second-order valence-corrected chi connectivity index (χ2v) is 5.98. The summed E-state index contributed by atoms with van der Waals surface area (Å²) in [5, 5.41) is 2.82. The number of carbonyl (C=O) groups excluding carboxylic acids is 2. The SMILES string of the molecule is CCOCCCNC(=O)c1ccc2c(c1)C(=O)CC(C)(C)O2. The van der Waals surface area contributed by atoms with E-state index in [1.807, 2.05) is 20.8 Å². The van der Waals surface area contributed by atoms with Crippen LogP contribution in [0.3, 0.4) is 0 Å². The Bertz CT molecular complexity index is 566. The molecule has 1 N–H and O–H groups in total. The quantitative estimate of drug-likeness (QED) is 0.820. The molecule has 0 atom stereocenters.